The first-order valence-corrected chi connectivity index (χ1v) is 9.84. The number of nitrogens with zero attached hydrogens (tertiary/aromatic N) is 2. The highest BCUT2D eigenvalue weighted by atomic mass is 16.6. The second-order valence-corrected chi connectivity index (χ2v) is 7.43. The van der Waals surface area contributed by atoms with E-state index < -0.39 is 16.6 Å². The maximum absolute atomic E-state index is 13.2. The Kier molecular flexibility index (Phi) is 5.43. The molecule has 0 radical (unpaired) electrons. The fourth-order valence-electron chi connectivity index (χ4n) is 3.61. The summed E-state index contributed by atoms with van der Waals surface area (Å²) in [6, 6.07) is 18.1. The number of nitrogens with one attached hydrogen (secondary N) is 2. The Bertz CT molecular complexity index is 1360. The molecule has 8 heteroatoms. The third-order valence-corrected chi connectivity index (χ3v) is 5.18. The van der Waals surface area contributed by atoms with Gasteiger partial charge in [-0.25, -0.2) is 0 Å². The number of benzene rings is 3. The number of nitro benzene ring substituents is 1. The molecule has 8 nitrogen and oxygen atoms in total. The summed E-state index contributed by atoms with van der Waals surface area (Å²) in [6.45, 7) is 0. The van der Waals surface area contributed by atoms with Crippen molar-refractivity contribution in [3.8, 4) is 0 Å². The predicted molar refractivity (Wildman–Crippen MR) is 124 cm³/mol. The molecular formula is C24H20N4O4. The number of hydrogen-bond acceptors (Lipinski definition) is 5. The number of ketones is 1. The third kappa shape index (κ3) is 3.81. The van der Waals surface area contributed by atoms with E-state index in [1.165, 1.54) is 18.2 Å². The maximum atomic E-state index is 13.2. The number of anilines is 2. The Morgan fingerprint density at radius 2 is 1.72 bits per heavy atom. The zero-order chi connectivity index (χ0) is 22.8. The van der Waals surface area contributed by atoms with Gasteiger partial charge in [-0.1, -0.05) is 24.3 Å². The minimum absolute atomic E-state index is 0.135. The van der Waals surface area contributed by atoms with Crippen LogP contribution in [0.1, 0.15) is 26.3 Å². The quantitative estimate of drug-likeness (QED) is 0.265. The molecule has 0 bridgehead atoms. The van der Waals surface area contributed by atoms with Crippen LogP contribution >= 0.6 is 0 Å². The van der Waals surface area contributed by atoms with E-state index in [-0.39, 0.29) is 22.4 Å². The molecule has 2 N–H and O–H groups in total. The van der Waals surface area contributed by atoms with Crippen molar-refractivity contribution >= 4 is 39.7 Å². The molecule has 0 aliphatic rings. The van der Waals surface area contributed by atoms with Gasteiger partial charge in [-0.3, -0.25) is 19.7 Å². The van der Waals surface area contributed by atoms with E-state index in [0.717, 1.165) is 10.9 Å². The number of carbonyl (C=O) groups excluding carboxylic acids is 2. The highest BCUT2D eigenvalue weighted by Gasteiger charge is 2.23. The number of aromatic nitrogens is 1. The largest absolute Gasteiger partial charge is 0.372 e. The molecule has 4 aromatic rings. The van der Waals surface area contributed by atoms with E-state index in [0.29, 0.717) is 11.4 Å². The number of rotatable bonds is 6. The summed E-state index contributed by atoms with van der Waals surface area (Å²) < 4.78 is 0. The van der Waals surface area contributed by atoms with Crippen LogP contribution in [0.15, 0.2) is 72.9 Å². The Morgan fingerprint density at radius 3 is 2.44 bits per heavy atom. The lowest BCUT2D eigenvalue weighted by Crippen LogP contribution is -2.17. The molecule has 0 aliphatic carbocycles. The number of fused-ring (bicyclic) bond motifs is 1. The van der Waals surface area contributed by atoms with Crippen LogP contribution in [0.25, 0.3) is 10.9 Å². The number of carbonyl (C=O) groups is 2. The van der Waals surface area contributed by atoms with E-state index >= 15 is 0 Å². The molecule has 0 atom stereocenters. The molecule has 3 aromatic carbocycles. The molecule has 32 heavy (non-hydrogen) atoms. The summed E-state index contributed by atoms with van der Waals surface area (Å²) in [5, 5.41) is 15.2. The lowest BCUT2D eigenvalue weighted by atomic mass is 9.97. The van der Waals surface area contributed by atoms with Crippen molar-refractivity contribution in [1.82, 2.24) is 4.98 Å². The van der Waals surface area contributed by atoms with Gasteiger partial charge in [0.15, 0.2) is 5.78 Å². The van der Waals surface area contributed by atoms with Gasteiger partial charge in [0.05, 0.1) is 16.2 Å². The molecule has 0 spiro atoms. The van der Waals surface area contributed by atoms with E-state index in [1.54, 1.807) is 55.5 Å². The van der Waals surface area contributed by atoms with Gasteiger partial charge in [-0.05, 0) is 36.4 Å². The highest BCUT2D eigenvalue weighted by molar-refractivity contribution is 6.19. The molecule has 1 aromatic heterocycles. The zero-order valence-corrected chi connectivity index (χ0v) is 17.5. The number of hydrogen-bond donors (Lipinski definition) is 2. The van der Waals surface area contributed by atoms with Crippen LogP contribution in [0.4, 0.5) is 17.1 Å². The summed E-state index contributed by atoms with van der Waals surface area (Å²) in [4.78, 5) is 42.0. The molecule has 0 aliphatic heterocycles. The van der Waals surface area contributed by atoms with Gasteiger partial charge in [-0.2, -0.15) is 0 Å². The van der Waals surface area contributed by atoms with Crippen molar-refractivity contribution in [2.75, 3.05) is 24.3 Å². The van der Waals surface area contributed by atoms with Crippen LogP contribution in [0.5, 0.6) is 0 Å². The first kappa shape index (κ1) is 20.8. The SMILES string of the molecule is CN(C)c1ccc(C(=O)c2ccccc2C(=O)Nc2cccc3[nH]ccc23)cc1[N+](=O)[O-]. The van der Waals surface area contributed by atoms with Gasteiger partial charge >= 0.3 is 0 Å². The highest BCUT2D eigenvalue weighted by Crippen LogP contribution is 2.29. The molecule has 0 unspecified atom stereocenters. The Morgan fingerprint density at radius 1 is 0.969 bits per heavy atom. The number of aromatic amines is 1. The van der Waals surface area contributed by atoms with Gasteiger partial charge in [0.25, 0.3) is 11.6 Å². The first-order valence-electron chi connectivity index (χ1n) is 9.84. The molecule has 0 fully saturated rings. The lowest BCUT2D eigenvalue weighted by molar-refractivity contribution is -0.384. The van der Waals surface area contributed by atoms with E-state index in [2.05, 4.69) is 10.3 Å². The van der Waals surface area contributed by atoms with Crippen molar-refractivity contribution in [3.63, 3.8) is 0 Å². The van der Waals surface area contributed by atoms with E-state index in [9.17, 15) is 19.7 Å². The number of H-pyrrole nitrogens is 1. The van der Waals surface area contributed by atoms with Crippen molar-refractivity contribution in [3.05, 3.63) is 99.7 Å². The van der Waals surface area contributed by atoms with Crippen LogP contribution in [0.3, 0.4) is 0 Å². The number of amides is 1. The van der Waals surface area contributed by atoms with Gasteiger partial charge in [0.1, 0.15) is 5.69 Å². The second-order valence-electron chi connectivity index (χ2n) is 7.43. The first-order chi connectivity index (χ1) is 15.4. The second kappa shape index (κ2) is 8.35. The summed E-state index contributed by atoms with van der Waals surface area (Å²) in [5.74, 6) is -0.911. The summed E-state index contributed by atoms with van der Waals surface area (Å²) in [5.41, 5.74) is 2.18. The minimum atomic E-state index is -0.526. The summed E-state index contributed by atoms with van der Waals surface area (Å²) >= 11 is 0. The lowest BCUT2D eigenvalue weighted by Gasteiger charge is -2.14. The summed E-state index contributed by atoms with van der Waals surface area (Å²) in [7, 11) is 3.38. The molecule has 1 amide bonds. The van der Waals surface area contributed by atoms with Crippen LogP contribution in [0.2, 0.25) is 0 Å². The van der Waals surface area contributed by atoms with Crippen LogP contribution in [-0.4, -0.2) is 35.7 Å². The smallest absolute Gasteiger partial charge is 0.293 e. The van der Waals surface area contributed by atoms with Crippen molar-refractivity contribution in [2.45, 2.75) is 0 Å². The van der Waals surface area contributed by atoms with Crippen LogP contribution < -0.4 is 10.2 Å². The number of nitro groups is 1. The molecule has 160 valence electrons. The normalized spacial score (nSPS) is 10.7. The van der Waals surface area contributed by atoms with Crippen molar-refractivity contribution in [2.24, 2.45) is 0 Å². The van der Waals surface area contributed by atoms with Gasteiger partial charge in [-0.15, -0.1) is 0 Å². The predicted octanol–water partition coefficient (Wildman–Crippen LogP) is 4.63. The fraction of sp³-hybridized carbons (Fsp3) is 0.0833. The van der Waals surface area contributed by atoms with E-state index in [4.69, 9.17) is 0 Å². The fourth-order valence-corrected chi connectivity index (χ4v) is 3.61. The molecular weight excluding hydrogens is 408 g/mol. The Balaban J connectivity index is 1.70. The molecule has 0 saturated carbocycles. The monoisotopic (exact) mass is 428 g/mol. The maximum Gasteiger partial charge on any atom is 0.293 e. The average molecular weight is 428 g/mol. The van der Waals surface area contributed by atoms with Crippen LogP contribution in [-0.2, 0) is 0 Å². The zero-order valence-electron chi connectivity index (χ0n) is 17.5. The standard InChI is InChI=1S/C24H20N4O4/c1-27(2)21-11-10-15(14-22(21)28(31)32)23(29)16-6-3-4-7-17(16)24(30)26-20-9-5-8-19-18(20)12-13-25-19/h3-14,25H,1-2H3,(H,26,30). The van der Waals surface area contributed by atoms with Crippen molar-refractivity contribution in [1.29, 1.82) is 0 Å². The Hall–Kier alpha value is -4.46. The summed E-state index contributed by atoms with van der Waals surface area (Å²) in [6.07, 6.45) is 1.78. The molecule has 4 rings (SSSR count). The minimum Gasteiger partial charge on any atom is -0.372 e. The van der Waals surface area contributed by atoms with Crippen LogP contribution in [0, 0.1) is 10.1 Å². The Labute approximate surface area is 183 Å². The van der Waals surface area contributed by atoms with Crippen molar-refractivity contribution < 1.29 is 14.5 Å². The topological polar surface area (TPSA) is 108 Å². The average Bonchev–Trinajstić information content (AvgIpc) is 3.28. The van der Waals surface area contributed by atoms with Gasteiger partial charge < -0.3 is 15.2 Å². The third-order valence-electron chi connectivity index (χ3n) is 5.18. The van der Waals surface area contributed by atoms with Gasteiger partial charge in [0.2, 0.25) is 0 Å². The van der Waals surface area contributed by atoms with Gasteiger partial charge in [0, 0.05) is 48.4 Å². The molecule has 1 heterocycles. The molecule has 0 saturated heterocycles. The van der Waals surface area contributed by atoms with E-state index in [1.807, 2.05) is 18.2 Å².